The molecule has 1 aliphatic heterocycles. The van der Waals surface area contributed by atoms with E-state index in [1.807, 2.05) is 16.8 Å². The lowest BCUT2D eigenvalue weighted by molar-refractivity contribution is -0.134. The van der Waals surface area contributed by atoms with Crippen LogP contribution in [0.15, 0.2) is 36.9 Å². The average molecular weight is 428 g/mol. The highest BCUT2D eigenvalue weighted by Crippen LogP contribution is 2.40. The van der Waals surface area contributed by atoms with Crippen molar-refractivity contribution in [3.8, 4) is 0 Å². The largest absolute Gasteiger partial charge is 0.342 e. The van der Waals surface area contributed by atoms with Crippen molar-refractivity contribution in [2.75, 3.05) is 20.1 Å². The molecule has 0 N–H and O–H groups in total. The molecular formula is C23H30FN5O2. The quantitative estimate of drug-likeness (QED) is 0.681. The lowest BCUT2D eigenvalue weighted by atomic mass is 9.88. The summed E-state index contributed by atoms with van der Waals surface area (Å²) in [6.45, 7) is 2.29. The van der Waals surface area contributed by atoms with Crippen LogP contribution >= 0.6 is 0 Å². The highest BCUT2D eigenvalue weighted by Gasteiger charge is 2.41. The molecule has 31 heavy (non-hydrogen) atoms. The Morgan fingerprint density at radius 1 is 1.26 bits per heavy atom. The number of fused-ring (bicyclic) bond motifs is 1. The number of aryl methyl sites for hydroxylation is 1. The third kappa shape index (κ3) is 5.29. The minimum atomic E-state index is -0.314. The molecule has 0 spiro atoms. The number of carbonyl (C=O) groups excluding carboxylic acids is 2. The van der Waals surface area contributed by atoms with E-state index in [1.165, 1.54) is 18.5 Å². The lowest BCUT2D eigenvalue weighted by Gasteiger charge is -2.35. The molecule has 1 saturated heterocycles. The number of likely N-dealkylation sites (N-methyl/N-ethyl adjacent to an activating group) is 1. The number of aromatic nitrogens is 3. The number of carbonyl (C=O) groups is 2. The summed E-state index contributed by atoms with van der Waals surface area (Å²) in [7, 11) is 1.86. The van der Waals surface area contributed by atoms with Crippen molar-refractivity contribution in [1.29, 1.82) is 0 Å². The predicted octanol–water partition coefficient (Wildman–Crippen LogP) is 2.53. The van der Waals surface area contributed by atoms with Gasteiger partial charge in [-0.05, 0) is 55.2 Å². The Morgan fingerprint density at radius 3 is 2.87 bits per heavy atom. The smallest absolute Gasteiger partial charge is 0.226 e. The summed E-state index contributed by atoms with van der Waals surface area (Å²) in [5.41, 5.74) is 0.704. The van der Waals surface area contributed by atoms with E-state index in [9.17, 15) is 14.0 Å². The molecule has 1 aliphatic carbocycles. The molecule has 8 heteroatoms. The van der Waals surface area contributed by atoms with E-state index in [4.69, 9.17) is 0 Å². The van der Waals surface area contributed by atoms with E-state index < -0.39 is 0 Å². The van der Waals surface area contributed by atoms with Crippen molar-refractivity contribution in [2.45, 2.75) is 51.1 Å². The van der Waals surface area contributed by atoms with Crippen molar-refractivity contribution in [3.05, 3.63) is 48.3 Å². The second kappa shape index (κ2) is 9.58. The number of rotatable bonds is 7. The summed E-state index contributed by atoms with van der Waals surface area (Å²) in [5.74, 6) is 0.926. The SMILES string of the molecule is CN(C(=O)Cc1cccc(F)c1)[C@H]1C[C@H]2CCN(C(=O)CCCn3cncn3)C[C@H]2C1. The molecule has 1 aromatic carbocycles. The summed E-state index contributed by atoms with van der Waals surface area (Å²) < 4.78 is 15.2. The van der Waals surface area contributed by atoms with E-state index in [0.29, 0.717) is 30.4 Å². The topological polar surface area (TPSA) is 71.3 Å². The van der Waals surface area contributed by atoms with Gasteiger partial charge in [0.2, 0.25) is 11.8 Å². The van der Waals surface area contributed by atoms with Gasteiger partial charge in [0.25, 0.3) is 0 Å². The van der Waals surface area contributed by atoms with Crippen LogP contribution in [0.2, 0.25) is 0 Å². The third-order valence-electron chi connectivity index (χ3n) is 6.82. The zero-order chi connectivity index (χ0) is 21.8. The predicted molar refractivity (Wildman–Crippen MR) is 113 cm³/mol. The zero-order valence-electron chi connectivity index (χ0n) is 18.0. The monoisotopic (exact) mass is 427 g/mol. The number of nitrogens with zero attached hydrogens (tertiary/aromatic N) is 5. The standard InChI is InChI=1S/C23H30FN5O2/c1-27(23(31)11-17-4-2-5-20(24)10-17)21-12-18-7-9-28(14-19(18)13-21)22(30)6-3-8-29-16-25-15-26-29/h2,4-5,10,15-16,18-19,21H,3,6-9,11-14H2,1H3/t18-,19-,21+/m1/s1. The Morgan fingerprint density at radius 2 is 2.10 bits per heavy atom. The van der Waals surface area contributed by atoms with Gasteiger partial charge in [-0.25, -0.2) is 9.37 Å². The van der Waals surface area contributed by atoms with Crippen LogP contribution in [-0.2, 0) is 22.6 Å². The second-order valence-corrected chi connectivity index (χ2v) is 8.85. The van der Waals surface area contributed by atoms with Gasteiger partial charge in [0.15, 0.2) is 0 Å². The number of piperidine rings is 1. The number of benzene rings is 1. The van der Waals surface area contributed by atoms with Gasteiger partial charge in [-0.2, -0.15) is 5.10 Å². The number of amides is 2. The molecule has 2 aliphatic rings. The lowest BCUT2D eigenvalue weighted by Crippen LogP contribution is -2.42. The van der Waals surface area contributed by atoms with E-state index >= 15 is 0 Å². The highest BCUT2D eigenvalue weighted by atomic mass is 19.1. The fourth-order valence-corrected chi connectivity index (χ4v) is 5.04. The average Bonchev–Trinajstić information content (AvgIpc) is 3.42. The molecule has 2 heterocycles. The van der Waals surface area contributed by atoms with E-state index in [1.54, 1.807) is 23.1 Å². The summed E-state index contributed by atoms with van der Waals surface area (Å²) in [6, 6.07) is 6.43. The van der Waals surface area contributed by atoms with Crippen molar-refractivity contribution < 1.29 is 14.0 Å². The molecule has 0 unspecified atom stereocenters. The first-order chi connectivity index (χ1) is 15.0. The minimum Gasteiger partial charge on any atom is -0.342 e. The molecule has 0 bridgehead atoms. The molecule has 2 fully saturated rings. The van der Waals surface area contributed by atoms with Gasteiger partial charge >= 0.3 is 0 Å². The summed E-state index contributed by atoms with van der Waals surface area (Å²) in [4.78, 5) is 33.1. The van der Waals surface area contributed by atoms with Gasteiger partial charge in [0, 0.05) is 39.1 Å². The Balaban J connectivity index is 1.25. The van der Waals surface area contributed by atoms with Crippen molar-refractivity contribution in [3.63, 3.8) is 0 Å². The van der Waals surface area contributed by atoms with Gasteiger partial charge in [-0.3, -0.25) is 14.3 Å². The highest BCUT2D eigenvalue weighted by molar-refractivity contribution is 5.79. The van der Waals surface area contributed by atoms with Gasteiger partial charge in [-0.1, -0.05) is 12.1 Å². The number of halogens is 1. The normalized spacial score (nSPS) is 22.9. The first-order valence-corrected chi connectivity index (χ1v) is 11.1. The van der Waals surface area contributed by atoms with Crippen LogP contribution in [0.3, 0.4) is 0 Å². The maximum Gasteiger partial charge on any atom is 0.226 e. The van der Waals surface area contributed by atoms with Gasteiger partial charge in [-0.15, -0.1) is 0 Å². The zero-order valence-corrected chi connectivity index (χ0v) is 18.0. The van der Waals surface area contributed by atoms with Crippen LogP contribution < -0.4 is 0 Å². The third-order valence-corrected chi connectivity index (χ3v) is 6.82. The Kier molecular flexibility index (Phi) is 6.63. The molecule has 2 amide bonds. The van der Waals surface area contributed by atoms with Crippen LogP contribution in [0.4, 0.5) is 4.39 Å². The van der Waals surface area contributed by atoms with Gasteiger partial charge in [0.1, 0.15) is 18.5 Å². The van der Waals surface area contributed by atoms with Gasteiger partial charge < -0.3 is 9.80 Å². The fraction of sp³-hybridized carbons (Fsp3) is 0.565. The molecule has 166 valence electrons. The molecule has 4 rings (SSSR count). The number of hydrogen-bond acceptors (Lipinski definition) is 4. The Labute approximate surface area is 182 Å². The van der Waals surface area contributed by atoms with Crippen molar-refractivity contribution >= 4 is 11.8 Å². The number of likely N-dealkylation sites (tertiary alicyclic amines) is 1. The van der Waals surface area contributed by atoms with Crippen molar-refractivity contribution in [2.24, 2.45) is 11.8 Å². The van der Waals surface area contributed by atoms with E-state index in [-0.39, 0.29) is 30.1 Å². The van der Waals surface area contributed by atoms with Crippen LogP contribution in [-0.4, -0.2) is 62.6 Å². The Hall–Kier alpha value is -2.77. The molecule has 1 saturated carbocycles. The maximum absolute atomic E-state index is 13.4. The summed E-state index contributed by atoms with van der Waals surface area (Å²) in [5, 5.41) is 4.07. The molecular weight excluding hydrogens is 397 g/mol. The first-order valence-electron chi connectivity index (χ1n) is 11.1. The molecule has 2 aromatic rings. The molecule has 3 atom stereocenters. The summed E-state index contributed by atoms with van der Waals surface area (Å²) >= 11 is 0. The van der Waals surface area contributed by atoms with Crippen LogP contribution in [0.5, 0.6) is 0 Å². The molecule has 7 nitrogen and oxygen atoms in total. The van der Waals surface area contributed by atoms with E-state index in [0.717, 1.165) is 38.8 Å². The Bertz CT molecular complexity index is 903. The van der Waals surface area contributed by atoms with Gasteiger partial charge in [0.05, 0.1) is 6.42 Å². The fourth-order valence-electron chi connectivity index (χ4n) is 5.04. The number of hydrogen-bond donors (Lipinski definition) is 0. The van der Waals surface area contributed by atoms with Crippen LogP contribution in [0.25, 0.3) is 0 Å². The summed E-state index contributed by atoms with van der Waals surface area (Å²) in [6.07, 6.45) is 7.59. The van der Waals surface area contributed by atoms with E-state index in [2.05, 4.69) is 10.1 Å². The van der Waals surface area contributed by atoms with Crippen molar-refractivity contribution in [1.82, 2.24) is 24.6 Å². The van der Waals surface area contributed by atoms with Crippen LogP contribution in [0.1, 0.15) is 37.7 Å². The second-order valence-electron chi connectivity index (χ2n) is 8.85. The van der Waals surface area contributed by atoms with Crippen LogP contribution in [0, 0.1) is 17.7 Å². The maximum atomic E-state index is 13.4. The molecule has 0 radical (unpaired) electrons. The first kappa shape index (κ1) is 21.5. The minimum absolute atomic E-state index is 0.0234. The molecule has 1 aromatic heterocycles.